The number of hydrogen-bond acceptors (Lipinski definition) is 4. The van der Waals surface area contributed by atoms with E-state index in [4.69, 9.17) is 9.15 Å². The average Bonchev–Trinajstić information content (AvgIpc) is 3.11. The fourth-order valence-electron chi connectivity index (χ4n) is 3.69. The second kappa shape index (κ2) is 7.56. The molecule has 1 fully saturated rings. The number of rotatable bonds is 5. The Hall–Kier alpha value is -2.24. The van der Waals surface area contributed by atoms with E-state index < -0.39 is 12.1 Å². The van der Waals surface area contributed by atoms with Gasteiger partial charge in [-0.25, -0.2) is 4.79 Å². The van der Waals surface area contributed by atoms with E-state index in [2.05, 4.69) is 5.32 Å². The number of nitrogens with zero attached hydrogens (tertiary/aromatic N) is 1. The Balaban J connectivity index is 1.70. The number of nitrogens with one attached hydrogen (secondary N) is 1. The molecule has 1 aliphatic rings. The van der Waals surface area contributed by atoms with Crippen molar-refractivity contribution in [3.05, 3.63) is 23.6 Å². The van der Waals surface area contributed by atoms with Crippen LogP contribution in [0.5, 0.6) is 0 Å². The molecule has 1 N–H and O–H groups in total. The molecule has 2 aromatic heterocycles. The van der Waals surface area contributed by atoms with Crippen molar-refractivity contribution in [3.63, 3.8) is 0 Å². The second-order valence-corrected chi connectivity index (χ2v) is 7.49. The summed E-state index contributed by atoms with van der Waals surface area (Å²) in [6.45, 7) is 7.49. The summed E-state index contributed by atoms with van der Waals surface area (Å²) < 4.78 is 13.0. The van der Waals surface area contributed by atoms with Gasteiger partial charge in [-0.15, -0.1) is 0 Å². The molecule has 1 aliphatic carbocycles. The zero-order chi connectivity index (χ0) is 18.8. The fraction of sp³-hybridized carbons (Fsp3) is 0.600. The molecule has 0 radical (unpaired) electrons. The van der Waals surface area contributed by atoms with Crippen molar-refractivity contribution in [3.8, 4) is 0 Å². The predicted octanol–water partition coefficient (Wildman–Crippen LogP) is 4.12. The minimum atomic E-state index is -0.826. The minimum absolute atomic E-state index is 0.0680. The van der Waals surface area contributed by atoms with E-state index in [0.717, 1.165) is 37.0 Å². The molecular formula is C20H28N2O4. The van der Waals surface area contributed by atoms with Crippen LogP contribution in [0.25, 0.3) is 11.1 Å². The van der Waals surface area contributed by atoms with Gasteiger partial charge in [0.15, 0.2) is 11.7 Å². The van der Waals surface area contributed by atoms with E-state index in [1.165, 1.54) is 6.42 Å². The van der Waals surface area contributed by atoms with Crippen LogP contribution < -0.4 is 5.32 Å². The molecule has 26 heavy (non-hydrogen) atoms. The highest BCUT2D eigenvalue weighted by atomic mass is 16.5. The SMILES string of the molecule is Cc1cc2c(cc(C(=O)O[C@H](C)C(=O)NC3CCCCC3)n2C(C)C)o1. The summed E-state index contributed by atoms with van der Waals surface area (Å²) in [6, 6.07) is 3.86. The van der Waals surface area contributed by atoms with Gasteiger partial charge in [0.25, 0.3) is 5.91 Å². The third-order valence-electron chi connectivity index (χ3n) is 4.98. The Morgan fingerprint density at radius 2 is 1.88 bits per heavy atom. The lowest BCUT2D eigenvalue weighted by Gasteiger charge is -2.24. The Kier molecular flexibility index (Phi) is 5.39. The first-order valence-electron chi connectivity index (χ1n) is 9.49. The largest absolute Gasteiger partial charge is 0.460 e. The Labute approximate surface area is 153 Å². The lowest BCUT2D eigenvalue weighted by atomic mass is 9.95. The third kappa shape index (κ3) is 3.79. The molecule has 0 aromatic carbocycles. The van der Waals surface area contributed by atoms with E-state index in [9.17, 15) is 9.59 Å². The molecule has 1 saturated carbocycles. The molecule has 0 spiro atoms. The molecule has 2 aromatic rings. The van der Waals surface area contributed by atoms with Gasteiger partial charge in [0, 0.05) is 24.2 Å². The summed E-state index contributed by atoms with van der Waals surface area (Å²) in [5, 5.41) is 3.00. The first kappa shape index (κ1) is 18.5. The van der Waals surface area contributed by atoms with Gasteiger partial charge in [-0.1, -0.05) is 19.3 Å². The van der Waals surface area contributed by atoms with E-state index in [1.807, 2.05) is 31.4 Å². The number of furan rings is 1. The lowest BCUT2D eigenvalue weighted by Crippen LogP contribution is -2.42. The molecule has 0 bridgehead atoms. The quantitative estimate of drug-likeness (QED) is 0.814. The standard InChI is InChI=1S/C20H28N2O4/c1-12(2)22-16-10-13(3)25-18(16)11-17(22)20(24)26-14(4)19(23)21-15-8-6-5-7-9-15/h10-12,14-15H,5-9H2,1-4H3,(H,21,23)/t14-/m1/s1. The van der Waals surface area contributed by atoms with Crippen LogP contribution in [0.2, 0.25) is 0 Å². The van der Waals surface area contributed by atoms with Crippen molar-refractivity contribution >= 4 is 23.0 Å². The summed E-state index contributed by atoms with van der Waals surface area (Å²) in [7, 11) is 0. The third-order valence-corrected chi connectivity index (χ3v) is 4.98. The zero-order valence-corrected chi connectivity index (χ0v) is 16.0. The topological polar surface area (TPSA) is 73.5 Å². The van der Waals surface area contributed by atoms with Crippen molar-refractivity contribution in [2.45, 2.75) is 78.0 Å². The number of hydrogen-bond donors (Lipinski definition) is 1. The Bertz CT molecular complexity index is 796. The number of fused-ring (bicyclic) bond motifs is 1. The molecule has 0 saturated heterocycles. The number of carbonyl (C=O) groups is 2. The van der Waals surface area contributed by atoms with Gasteiger partial charge in [-0.3, -0.25) is 4.79 Å². The monoisotopic (exact) mass is 360 g/mol. The molecule has 0 aliphatic heterocycles. The number of aryl methyl sites for hydroxylation is 1. The highest BCUT2D eigenvalue weighted by Gasteiger charge is 2.26. The highest BCUT2D eigenvalue weighted by Crippen LogP contribution is 2.27. The first-order chi connectivity index (χ1) is 12.4. The van der Waals surface area contributed by atoms with E-state index in [1.54, 1.807) is 13.0 Å². The maximum atomic E-state index is 12.7. The van der Waals surface area contributed by atoms with Crippen LogP contribution in [0.1, 0.15) is 75.2 Å². The molecular weight excluding hydrogens is 332 g/mol. The smallest absolute Gasteiger partial charge is 0.355 e. The van der Waals surface area contributed by atoms with Crippen LogP contribution in [0, 0.1) is 6.92 Å². The maximum Gasteiger partial charge on any atom is 0.355 e. The predicted molar refractivity (Wildman–Crippen MR) is 99.2 cm³/mol. The van der Waals surface area contributed by atoms with Gasteiger partial charge in [-0.05, 0) is 40.5 Å². The molecule has 142 valence electrons. The molecule has 6 nitrogen and oxygen atoms in total. The molecule has 2 heterocycles. The average molecular weight is 360 g/mol. The summed E-state index contributed by atoms with van der Waals surface area (Å²) >= 11 is 0. The summed E-state index contributed by atoms with van der Waals surface area (Å²) in [5.74, 6) is 0.0611. The Morgan fingerprint density at radius 3 is 2.54 bits per heavy atom. The van der Waals surface area contributed by atoms with Crippen LogP contribution in [0.3, 0.4) is 0 Å². The van der Waals surface area contributed by atoms with Gasteiger partial charge in [0.05, 0.1) is 5.52 Å². The summed E-state index contributed by atoms with van der Waals surface area (Å²) in [6.07, 6.45) is 4.67. The van der Waals surface area contributed by atoms with Crippen LogP contribution >= 0.6 is 0 Å². The Morgan fingerprint density at radius 1 is 1.19 bits per heavy atom. The van der Waals surface area contributed by atoms with Gasteiger partial charge >= 0.3 is 5.97 Å². The summed E-state index contributed by atoms with van der Waals surface area (Å²) in [5.41, 5.74) is 1.93. The highest BCUT2D eigenvalue weighted by molar-refractivity contribution is 5.96. The fourth-order valence-corrected chi connectivity index (χ4v) is 3.69. The molecule has 1 amide bonds. The molecule has 3 rings (SSSR count). The van der Waals surface area contributed by atoms with Gasteiger partial charge < -0.3 is 19.0 Å². The zero-order valence-electron chi connectivity index (χ0n) is 16.0. The van der Waals surface area contributed by atoms with Crippen LogP contribution in [0.4, 0.5) is 0 Å². The first-order valence-corrected chi connectivity index (χ1v) is 9.49. The van der Waals surface area contributed by atoms with E-state index in [0.29, 0.717) is 11.3 Å². The van der Waals surface area contributed by atoms with Crippen LogP contribution in [-0.4, -0.2) is 28.6 Å². The summed E-state index contributed by atoms with van der Waals surface area (Å²) in [4.78, 5) is 25.0. The van der Waals surface area contributed by atoms with Crippen molar-refractivity contribution in [2.75, 3.05) is 0 Å². The van der Waals surface area contributed by atoms with Crippen molar-refractivity contribution in [1.29, 1.82) is 0 Å². The van der Waals surface area contributed by atoms with Crippen molar-refractivity contribution < 1.29 is 18.7 Å². The number of amides is 1. The van der Waals surface area contributed by atoms with Crippen LogP contribution in [-0.2, 0) is 9.53 Å². The number of ether oxygens (including phenoxy) is 1. The number of esters is 1. The van der Waals surface area contributed by atoms with Crippen molar-refractivity contribution in [1.82, 2.24) is 9.88 Å². The molecule has 1 atom stereocenters. The van der Waals surface area contributed by atoms with Gasteiger partial charge in [0.1, 0.15) is 11.5 Å². The van der Waals surface area contributed by atoms with E-state index >= 15 is 0 Å². The van der Waals surface area contributed by atoms with Gasteiger partial charge in [0.2, 0.25) is 0 Å². The minimum Gasteiger partial charge on any atom is -0.460 e. The lowest BCUT2D eigenvalue weighted by molar-refractivity contribution is -0.130. The molecule has 0 unspecified atom stereocenters. The van der Waals surface area contributed by atoms with Crippen molar-refractivity contribution in [2.24, 2.45) is 0 Å². The normalized spacial score (nSPS) is 16.8. The number of aromatic nitrogens is 1. The maximum absolute atomic E-state index is 12.7. The number of carbonyl (C=O) groups excluding carboxylic acids is 2. The van der Waals surface area contributed by atoms with E-state index in [-0.39, 0.29) is 18.0 Å². The second-order valence-electron chi connectivity index (χ2n) is 7.49. The van der Waals surface area contributed by atoms with Gasteiger partial charge in [-0.2, -0.15) is 0 Å². The van der Waals surface area contributed by atoms with Crippen LogP contribution in [0.15, 0.2) is 16.5 Å². The molecule has 6 heteroatoms.